The van der Waals surface area contributed by atoms with Gasteiger partial charge in [-0.15, -0.1) is 0 Å². The van der Waals surface area contributed by atoms with Gasteiger partial charge in [-0.25, -0.2) is 13.8 Å². The molecular weight excluding hydrogens is 318 g/mol. The average molecular weight is 327 g/mol. The summed E-state index contributed by atoms with van der Waals surface area (Å²) in [7, 11) is 0. The van der Waals surface area contributed by atoms with Gasteiger partial charge in [-0.05, 0) is 46.6 Å². The fraction of sp³-hybridized carbons (Fsp3) is 0.0769. The van der Waals surface area contributed by atoms with Crippen LogP contribution in [0.2, 0.25) is 0 Å². The largest absolute Gasteiger partial charge is 0.320 e. The topological polar surface area (TPSA) is 42.0 Å². The monoisotopic (exact) mass is 326 g/mol. The van der Waals surface area contributed by atoms with E-state index < -0.39 is 17.5 Å². The van der Waals surface area contributed by atoms with E-state index in [4.69, 9.17) is 0 Å². The zero-order valence-corrected chi connectivity index (χ0v) is 11.5. The molecule has 1 heterocycles. The molecule has 6 heteroatoms. The summed E-state index contributed by atoms with van der Waals surface area (Å²) in [5.74, 6) is -2.24. The van der Waals surface area contributed by atoms with E-state index in [9.17, 15) is 13.6 Å². The molecule has 1 N–H and O–H groups in total. The number of hydrogen-bond donors (Lipinski definition) is 1. The summed E-state index contributed by atoms with van der Waals surface area (Å²) in [4.78, 5) is 15.9. The minimum atomic E-state index is -0.902. The van der Waals surface area contributed by atoms with E-state index in [1.165, 1.54) is 13.0 Å². The van der Waals surface area contributed by atoms with Crippen LogP contribution in [0.1, 0.15) is 15.9 Å². The molecule has 98 valence electrons. The van der Waals surface area contributed by atoms with Gasteiger partial charge in [0, 0.05) is 12.3 Å². The number of pyridine rings is 1. The number of aromatic nitrogens is 1. The third-order valence-electron chi connectivity index (χ3n) is 2.50. The molecule has 0 spiro atoms. The molecule has 0 atom stereocenters. The van der Waals surface area contributed by atoms with Crippen LogP contribution < -0.4 is 5.32 Å². The maximum atomic E-state index is 13.6. The zero-order valence-electron chi connectivity index (χ0n) is 9.88. The minimum absolute atomic E-state index is 0.205. The van der Waals surface area contributed by atoms with Gasteiger partial charge >= 0.3 is 0 Å². The Morgan fingerprint density at radius 3 is 2.74 bits per heavy atom. The second kappa shape index (κ2) is 5.44. The highest BCUT2D eigenvalue weighted by molar-refractivity contribution is 9.10. The Hall–Kier alpha value is -1.82. The molecule has 0 fully saturated rings. The van der Waals surface area contributed by atoms with Crippen molar-refractivity contribution < 1.29 is 13.6 Å². The van der Waals surface area contributed by atoms with Gasteiger partial charge in [0.1, 0.15) is 16.2 Å². The van der Waals surface area contributed by atoms with Crippen molar-refractivity contribution in [3.63, 3.8) is 0 Å². The lowest BCUT2D eigenvalue weighted by Gasteiger charge is -2.08. The van der Waals surface area contributed by atoms with Crippen molar-refractivity contribution >= 4 is 27.5 Å². The second-order valence-electron chi connectivity index (χ2n) is 3.88. The van der Waals surface area contributed by atoms with Crippen molar-refractivity contribution in [2.75, 3.05) is 5.32 Å². The van der Waals surface area contributed by atoms with E-state index in [0.29, 0.717) is 16.4 Å². The molecule has 0 radical (unpaired) electrons. The Balaban J connectivity index is 2.31. The maximum absolute atomic E-state index is 13.6. The number of carbonyl (C=O) groups excluding carboxylic acids is 1. The molecule has 0 bridgehead atoms. The van der Waals surface area contributed by atoms with Crippen molar-refractivity contribution in [2.24, 2.45) is 0 Å². The number of anilines is 1. The smallest absolute Gasteiger partial charge is 0.258 e. The molecule has 1 amide bonds. The Morgan fingerprint density at radius 1 is 1.32 bits per heavy atom. The number of hydrogen-bond acceptors (Lipinski definition) is 2. The lowest BCUT2D eigenvalue weighted by molar-refractivity contribution is 0.102. The van der Waals surface area contributed by atoms with Crippen molar-refractivity contribution in [3.05, 3.63) is 57.8 Å². The van der Waals surface area contributed by atoms with Crippen LogP contribution in [0.25, 0.3) is 0 Å². The lowest BCUT2D eigenvalue weighted by Crippen LogP contribution is -2.15. The van der Waals surface area contributed by atoms with Gasteiger partial charge in [-0.1, -0.05) is 0 Å². The van der Waals surface area contributed by atoms with Gasteiger partial charge in [0.05, 0.1) is 11.3 Å². The van der Waals surface area contributed by atoms with Gasteiger partial charge in [0.15, 0.2) is 0 Å². The first kappa shape index (κ1) is 13.6. The van der Waals surface area contributed by atoms with Crippen LogP contribution in [0.4, 0.5) is 14.5 Å². The number of benzene rings is 1. The molecule has 1 aromatic heterocycles. The maximum Gasteiger partial charge on any atom is 0.258 e. The molecule has 0 saturated carbocycles. The molecule has 1 aromatic carbocycles. The quantitative estimate of drug-likeness (QED) is 0.855. The predicted molar refractivity (Wildman–Crippen MR) is 71.0 cm³/mol. The standard InChI is InChI=1S/C13H9BrF2N2O/c1-7-5-8(10(16)6-9(7)15)13(19)18-11-3-2-4-17-12(11)14/h2-6H,1H3,(H,18,19). The summed E-state index contributed by atoms with van der Waals surface area (Å²) in [5, 5.41) is 2.50. The molecule has 2 rings (SSSR count). The van der Waals surface area contributed by atoms with Gasteiger partial charge in [-0.2, -0.15) is 0 Å². The van der Waals surface area contributed by atoms with Gasteiger partial charge < -0.3 is 5.32 Å². The summed E-state index contributed by atoms with van der Waals surface area (Å²) in [6.45, 7) is 1.46. The number of halogens is 3. The molecule has 2 aromatic rings. The van der Waals surface area contributed by atoms with E-state index in [2.05, 4.69) is 26.2 Å². The number of nitrogens with zero attached hydrogens (tertiary/aromatic N) is 1. The Bertz CT molecular complexity index is 647. The van der Waals surface area contributed by atoms with Crippen LogP contribution in [-0.2, 0) is 0 Å². The number of carbonyl (C=O) groups is 1. The number of nitrogens with one attached hydrogen (secondary N) is 1. The van der Waals surface area contributed by atoms with Crippen molar-refractivity contribution in [2.45, 2.75) is 6.92 Å². The average Bonchev–Trinajstić information content (AvgIpc) is 2.36. The van der Waals surface area contributed by atoms with E-state index in [0.717, 1.165) is 0 Å². The van der Waals surface area contributed by atoms with Crippen molar-refractivity contribution in [1.29, 1.82) is 0 Å². The Kier molecular flexibility index (Phi) is 3.90. The van der Waals surface area contributed by atoms with Gasteiger partial charge in [0.2, 0.25) is 0 Å². The zero-order chi connectivity index (χ0) is 14.0. The SMILES string of the molecule is Cc1cc(C(=O)Nc2cccnc2Br)c(F)cc1F. The number of aryl methyl sites for hydroxylation is 1. The fourth-order valence-electron chi connectivity index (χ4n) is 1.50. The first-order chi connectivity index (χ1) is 8.99. The summed E-state index contributed by atoms with van der Waals surface area (Å²) < 4.78 is 27.1. The fourth-order valence-corrected chi connectivity index (χ4v) is 1.85. The number of rotatable bonds is 2. The summed E-state index contributed by atoms with van der Waals surface area (Å²) in [6.07, 6.45) is 1.54. The predicted octanol–water partition coefficient (Wildman–Crippen LogP) is 3.68. The highest BCUT2D eigenvalue weighted by Crippen LogP contribution is 2.21. The van der Waals surface area contributed by atoms with Crippen LogP contribution in [0.15, 0.2) is 35.1 Å². The normalized spacial score (nSPS) is 10.3. The van der Waals surface area contributed by atoms with Crippen LogP contribution in [0, 0.1) is 18.6 Å². The molecule has 0 unspecified atom stereocenters. The number of amides is 1. The van der Waals surface area contributed by atoms with E-state index in [1.807, 2.05) is 0 Å². The van der Waals surface area contributed by atoms with Crippen LogP contribution in [-0.4, -0.2) is 10.9 Å². The molecule has 0 aliphatic heterocycles. The molecular formula is C13H9BrF2N2O. The van der Waals surface area contributed by atoms with Crippen LogP contribution in [0.5, 0.6) is 0 Å². The molecule has 0 aliphatic rings. The molecule has 0 aliphatic carbocycles. The minimum Gasteiger partial charge on any atom is -0.320 e. The first-order valence-electron chi connectivity index (χ1n) is 5.36. The first-order valence-corrected chi connectivity index (χ1v) is 6.16. The highest BCUT2D eigenvalue weighted by Gasteiger charge is 2.15. The molecule has 0 saturated heterocycles. The van der Waals surface area contributed by atoms with Crippen LogP contribution in [0.3, 0.4) is 0 Å². The second-order valence-corrected chi connectivity index (χ2v) is 4.63. The van der Waals surface area contributed by atoms with Crippen LogP contribution >= 0.6 is 15.9 Å². The highest BCUT2D eigenvalue weighted by atomic mass is 79.9. The van der Waals surface area contributed by atoms with Crippen molar-refractivity contribution in [3.8, 4) is 0 Å². The Morgan fingerprint density at radius 2 is 2.05 bits per heavy atom. The van der Waals surface area contributed by atoms with Crippen molar-refractivity contribution in [1.82, 2.24) is 4.98 Å². The van der Waals surface area contributed by atoms with Gasteiger partial charge in [-0.3, -0.25) is 4.79 Å². The van der Waals surface area contributed by atoms with E-state index in [1.54, 1.807) is 18.3 Å². The Labute approximate surface area is 116 Å². The third-order valence-corrected chi connectivity index (χ3v) is 3.13. The lowest BCUT2D eigenvalue weighted by atomic mass is 10.1. The third kappa shape index (κ3) is 2.96. The molecule has 3 nitrogen and oxygen atoms in total. The van der Waals surface area contributed by atoms with Gasteiger partial charge in [0.25, 0.3) is 5.91 Å². The summed E-state index contributed by atoms with van der Waals surface area (Å²) in [6, 6.07) is 5.11. The summed E-state index contributed by atoms with van der Waals surface area (Å²) >= 11 is 3.16. The molecule has 19 heavy (non-hydrogen) atoms. The van der Waals surface area contributed by atoms with E-state index >= 15 is 0 Å². The summed E-state index contributed by atoms with van der Waals surface area (Å²) in [5.41, 5.74) is 0.403. The van der Waals surface area contributed by atoms with E-state index in [-0.39, 0.29) is 11.1 Å².